The van der Waals surface area contributed by atoms with Crippen LogP contribution in [0.4, 0.5) is 14.5 Å². The first-order valence-electron chi connectivity index (χ1n) is 8.48. The Labute approximate surface area is 161 Å². The molecule has 0 saturated carbocycles. The van der Waals surface area contributed by atoms with Gasteiger partial charge in [-0.25, -0.2) is 17.2 Å². The van der Waals surface area contributed by atoms with Gasteiger partial charge in [0.2, 0.25) is 15.9 Å². The number of nitrogens with one attached hydrogen (secondary N) is 1. The molecule has 0 radical (unpaired) electrons. The molecule has 1 aliphatic heterocycles. The maximum atomic E-state index is 14.2. The number of benzene rings is 2. The van der Waals surface area contributed by atoms with Crippen LogP contribution in [0.15, 0.2) is 53.4 Å². The first kappa shape index (κ1) is 20.1. The molecule has 1 heterocycles. The van der Waals surface area contributed by atoms with Crippen molar-refractivity contribution in [3.8, 4) is 0 Å². The quantitative estimate of drug-likeness (QED) is 0.772. The largest absolute Gasteiger partial charge is 0.379 e. The van der Waals surface area contributed by atoms with Crippen LogP contribution in [0.2, 0.25) is 0 Å². The highest BCUT2D eigenvalue weighted by Crippen LogP contribution is 2.24. The number of anilines is 1. The van der Waals surface area contributed by atoms with Crippen molar-refractivity contribution in [2.45, 2.75) is 4.90 Å². The smallest absolute Gasteiger partial charge is 0.248 e. The van der Waals surface area contributed by atoms with Gasteiger partial charge in [0.05, 0.1) is 13.2 Å². The minimum Gasteiger partial charge on any atom is -0.379 e. The highest BCUT2D eigenvalue weighted by Gasteiger charge is 2.29. The Hall–Kier alpha value is -2.62. The van der Waals surface area contributed by atoms with Crippen molar-refractivity contribution >= 4 is 27.7 Å². The third-order valence-electron chi connectivity index (χ3n) is 4.08. The second-order valence-electron chi connectivity index (χ2n) is 6.04. The monoisotopic (exact) mass is 408 g/mol. The molecule has 0 bridgehead atoms. The summed E-state index contributed by atoms with van der Waals surface area (Å²) in [6.07, 6.45) is 2.69. The van der Waals surface area contributed by atoms with Crippen LogP contribution in [0.5, 0.6) is 0 Å². The van der Waals surface area contributed by atoms with Gasteiger partial charge in [-0.05, 0) is 42.0 Å². The van der Waals surface area contributed by atoms with Gasteiger partial charge in [0.25, 0.3) is 0 Å². The molecule has 3 rings (SSSR count). The van der Waals surface area contributed by atoms with Crippen LogP contribution in [-0.4, -0.2) is 44.9 Å². The summed E-state index contributed by atoms with van der Waals surface area (Å²) in [6, 6.07) is 8.89. The molecule has 0 aliphatic carbocycles. The third kappa shape index (κ3) is 4.80. The van der Waals surface area contributed by atoms with Crippen LogP contribution >= 0.6 is 0 Å². The van der Waals surface area contributed by atoms with Crippen molar-refractivity contribution in [2.24, 2.45) is 0 Å². The molecule has 6 nitrogen and oxygen atoms in total. The summed E-state index contributed by atoms with van der Waals surface area (Å²) >= 11 is 0. The van der Waals surface area contributed by atoms with Gasteiger partial charge < -0.3 is 10.1 Å². The first-order valence-corrected chi connectivity index (χ1v) is 9.92. The van der Waals surface area contributed by atoms with Crippen molar-refractivity contribution < 1.29 is 26.7 Å². The molecule has 1 aliphatic rings. The number of sulfonamides is 1. The molecular weight excluding hydrogens is 390 g/mol. The first-order chi connectivity index (χ1) is 13.4. The molecule has 1 fully saturated rings. The van der Waals surface area contributed by atoms with Crippen LogP contribution in [-0.2, 0) is 19.6 Å². The van der Waals surface area contributed by atoms with E-state index in [2.05, 4.69) is 5.32 Å². The van der Waals surface area contributed by atoms with Gasteiger partial charge in [-0.3, -0.25) is 4.79 Å². The lowest BCUT2D eigenvalue weighted by molar-refractivity contribution is -0.111. The fourth-order valence-electron chi connectivity index (χ4n) is 2.63. The van der Waals surface area contributed by atoms with Crippen molar-refractivity contribution in [3.63, 3.8) is 0 Å². The number of hydrogen-bond donors (Lipinski definition) is 1. The van der Waals surface area contributed by atoms with Gasteiger partial charge in [0.1, 0.15) is 16.5 Å². The van der Waals surface area contributed by atoms with Crippen LogP contribution in [0.1, 0.15) is 5.56 Å². The van der Waals surface area contributed by atoms with E-state index in [1.54, 1.807) is 0 Å². The molecule has 28 heavy (non-hydrogen) atoms. The van der Waals surface area contributed by atoms with E-state index in [1.807, 2.05) is 0 Å². The van der Waals surface area contributed by atoms with Crippen molar-refractivity contribution in [2.75, 3.05) is 31.6 Å². The summed E-state index contributed by atoms with van der Waals surface area (Å²) in [7, 11) is -4.04. The lowest BCUT2D eigenvalue weighted by atomic mass is 10.2. The van der Waals surface area contributed by atoms with Crippen molar-refractivity contribution in [3.05, 3.63) is 65.7 Å². The summed E-state index contributed by atoms with van der Waals surface area (Å²) < 4.78 is 58.6. The molecule has 2 aromatic carbocycles. The molecule has 0 unspecified atom stereocenters. The Morgan fingerprint density at radius 1 is 1.07 bits per heavy atom. The Bertz CT molecular complexity index is 985. The summed E-state index contributed by atoms with van der Waals surface area (Å²) in [6.45, 7) is 0.758. The predicted octanol–water partition coefficient (Wildman–Crippen LogP) is 2.64. The van der Waals surface area contributed by atoms with Crippen molar-refractivity contribution in [1.82, 2.24) is 4.31 Å². The fourth-order valence-corrected chi connectivity index (χ4v) is 4.13. The maximum Gasteiger partial charge on any atom is 0.248 e. The molecule has 1 amide bonds. The highest BCUT2D eigenvalue weighted by molar-refractivity contribution is 7.89. The highest BCUT2D eigenvalue weighted by atomic mass is 32.2. The minimum absolute atomic E-state index is 0.138. The summed E-state index contributed by atoms with van der Waals surface area (Å²) in [5, 5.41) is 2.49. The SMILES string of the molecule is O=C(C=Cc1ccc(F)cc1)Nc1ccc(F)c(S(=O)(=O)N2CCOCC2)c1. The molecule has 0 aromatic heterocycles. The molecule has 148 valence electrons. The second-order valence-corrected chi connectivity index (χ2v) is 7.94. The average Bonchev–Trinajstić information content (AvgIpc) is 2.69. The number of hydrogen-bond acceptors (Lipinski definition) is 4. The van der Waals surface area contributed by atoms with Gasteiger partial charge in [-0.2, -0.15) is 4.31 Å². The van der Waals surface area contributed by atoms with Crippen LogP contribution in [0.25, 0.3) is 6.08 Å². The molecular formula is C19H18F2N2O4S. The lowest BCUT2D eigenvalue weighted by Crippen LogP contribution is -2.40. The van der Waals surface area contributed by atoms with E-state index in [0.29, 0.717) is 5.56 Å². The van der Waals surface area contributed by atoms with E-state index in [9.17, 15) is 22.0 Å². The zero-order valence-corrected chi connectivity index (χ0v) is 15.6. The summed E-state index contributed by atoms with van der Waals surface area (Å²) in [5.74, 6) is -1.82. The summed E-state index contributed by atoms with van der Waals surface area (Å²) in [5.41, 5.74) is 0.758. The van der Waals surface area contributed by atoms with Crippen LogP contribution in [0, 0.1) is 11.6 Å². The van der Waals surface area contributed by atoms with E-state index in [4.69, 9.17) is 4.74 Å². The minimum atomic E-state index is -4.04. The number of halogens is 2. The van der Waals surface area contributed by atoms with E-state index in [1.165, 1.54) is 42.5 Å². The molecule has 1 N–H and O–H groups in total. The molecule has 0 spiro atoms. The lowest BCUT2D eigenvalue weighted by Gasteiger charge is -2.26. The number of ether oxygens (including phenoxy) is 1. The number of amides is 1. The Balaban J connectivity index is 1.75. The Morgan fingerprint density at radius 3 is 2.43 bits per heavy atom. The second kappa shape index (κ2) is 8.59. The maximum absolute atomic E-state index is 14.2. The van der Waals surface area contributed by atoms with Crippen molar-refractivity contribution in [1.29, 1.82) is 0 Å². The number of rotatable bonds is 5. The standard InChI is InChI=1S/C19H18F2N2O4S/c20-15-4-1-14(2-5-15)3-8-19(24)22-16-6-7-17(21)18(13-16)28(25,26)23-9-11-27-12-10-23/h1-8,13H,9-12H2,(H,22,24). The van der Waals surface area contributed by atoms with Crippen LogP contribution < -0.4 is 5.32 Å². The zero-order valence-electron chi connectivity index (χ0n) is 14.8. The molecule has 0 atom stereocenters. The molecule has 2 aromatic rings. The Morgan fingerprint density at radius 2 is 1.75 bits per heavy atom. The van der Waals surface area contributed by atoms with Gasteiger partial charge in [-0.1, -0.05) is 12.1 Å². The number of carbonyl (C=O) groups is 1. The number of carbonyl (C=O) groups excluding carboxylic acids is 1. The van der Waals surface area contributed by atoms with Gasteiger partial charge in [0, 0.05) is 24.9 Å². The third-order valence-corrected chi connectivity index (χ3v) is 6.00. The van der Waals surface area contributed by atoms with Crippen LogP contribution in [0.3, 0.4) is 0 Å². The van der Waals surface area contributed by atoms with E-state index >= 15 is 0 Å². The van der Waals surface area contributed by atoms with Gasteiger partial charge >= 0.3 is 0 Å². The van der Waals surface area contributed by atoms with Gasteiger partial charge in [0.15, 0.2) is 0 Å². The average molecular weight is 408 g/mol. The molecule has 9 heteroatoms. The molecule has 1 saturated heterocycles. The normalized spacial score (nSPS) is 15.6. The Kier molecular flexibility index (Phi) is 6.18. The predicted molar refractivity (Wildman–Crippen MR) is 100 cm³/mol. The number of morpholine rings is 1. The van der Waals surface area contributed by atoms with E-state index < -0.39 is 26.6 Å². The summed E-state index contributed by atoms with van der Waals surface area (Å²) in [4.78, 5) is 11.6. The van der Waals surface area contributed by atoms with E-state index in [0.717, 1.165) is 16.4 Å². The zero-order chi connectivity index (χ0) is 20.1. The fraction of sp³-hybridized carbons (Fsp3) is 0.211. The topological polar surface area (TPSA) is 75.7 Å². The number of nitrogens with zero attached hydrogens (tertiary/aromatic N) is 1. The van der Waals surface area contributed by atoms with Gasteiger partial charge in [-0.15, -0.1) is 0 Å². The van der Waals surface area contributed by atoms with E-state index in [-0.39, 0.29) is 37.8 Å².